The van der Waals surface area contributed by atoms with Crippen LogP contribution in [0.4, 0.5) is 13.2 Å². The Balaban J connectivity index is 2.32. The molecule has 12 heavy (non-hydrogen) atoms. The maximum absolute atomic E-state index is 11.7. The molecule has 1 fully saturated rings. The molecule has 0 aromatic heterocycles. The Morgan fingerprint density at radius 1 is 1.58 bits per heavy atom. The molecule has 1 unspecified atom stereocenters. The van der Waals surface area contributed by atoms with E-state index >= 15 is 0 Å². The summed E-state index contributed by atoms with van der Waals surface area (Å²) in [6, 6.07) is 0. The number of hydrogen-bond donors (Lipinski definition) is 1. The highest BCUT2D eigenvalue weighted by atomic mass is 19.4. The van der Waals surface area contributed by atoms with E-state index in [-0.39, 0.29) is 0 Å². The molecule has 1 atom stereocenters. The first-order chi connectivity index (χ1) is 5.47. The second kappa shape index (κ2) is 3.59. The van der Waals surface area contributed by atoms with Crippen LogP contribution in [-0.4, -0.2) is 37.6 Å². The highest BCUT2D eigenvalue weighted by Gasteiger charge is 2.34. The molecule has 0 aliphatic carbocycles. The first-order valence-corrected chi connectivity index (χ1v) is 3.50. The van der Waals surface area contributed by atoms with Crippen molar-refractivity contribution < 1.29 is 17.9 Å². The molecule has 6 heteroatoms. The predicted molar refractivity (Wildman–Crippen MR) is 35.9 cm³/mol. The Morgan fingerprint density at radius 2 is 2.25 bits per heavy atom. The van der Waals surface area contributed by atoms with E-state index in [4.69, 9.17) is 0 Å². The van der Waals surface area contributed by atoms with E-state index in [1.54, 1.807) is 11.9 Å². The van der Waals surface area contributed by atoms with Crippen LogP contribution in [0, 0.1) is 6.54 Å². The van der Waals surface area contributed by atoms with Gasteiger partial charge in [-0.1, -0.05) is 0 Å². The largest absolute Gasteiger partial charge is 0.524 e. The van der Waals surface area contributed by atoms with E-state index < -0.39 is 12.6 Å². The van der Waals surface area contributed by atoms with Crippen molar-refractivity contribution in [1.29, 1.82) is 0 Å². The zero-order chi connectivity index (χ0) is 9.19. The second-order valence-corrected chi connectivity index (χ2v) is 2.57. The Morgan fingerprint density at radius 3 is 2.75 bits per heavy atom. The van der Waals surface area contributed by atoms with Gasteiger partial charge in [-0.15, -0.1) is 13.2 Å². The maximum atomic E-state index is 11.7. The molecule has 1 heterocycles. The van der Waals surface area contributed by atoms with Crippen molar-refractivity contribution in [2.45, 2.75) is 12.6 Å². The maximum Gasteiger partial charge on any atom is 0.524 e. The average molecular weight is 183 g/mol. The minimum atomic E-state index is -4.58. The first-order valence-electron chi connectivity index (χ1n) is 3.50. The van der Waals surface area contributed by atoms with Gasteiger partial charge < -0.3 is 0 Å². The highest BCUT2D eigenvalue weighted by molar-refractivity contribution is 4.80. The molecule has 1 saturated heterocycles. The summed E-state index contributed by atoms with van der Waals surface area (Å²) in [5.41, 5.74) is 0. The lowest BCUT2D eigenvalue weighted by Gasteiger charge is -2.30. The minimum Gasteiger partial charge on any atom is -0.297 e. The van der Waals surface area contributed by atoms with Gasteiger partial charge in [0.05, 0.1) is 6.54 Å². The number of halogens is 3. The SMILES string of the molecule is CN1[CH]C(OC(F)(F)F)NCC1. The molecule has 1 N–H and O–H groups in total. The van der Waals surface area contributed by atoms with Gasteiger partial charge in [0.25, 0.3) is 0 Å². The van der Waals surface area contributed by atoms with E-state index in [2.05, 4.69) is 10.1 Å². The van der Waals surface area contributed by atoms with Gasteiger partial charge in [-0.3, -0.25) is 15.0 Å². The first kappa shape index (κ1) is 9.76. The van der Waals surface area contributed by atoms with Gasteiger partial charge in [-0.25, -0.2) is 0 Å². The van der Waals surface area contributed by atoms with Gasteiger partial charge in [0, 0.05) is 13.1 Å². The number of nitrogens with one attached hydrogen (secondary N) is 1. The normalized spacial score (nSPS) is 27.5. The number of hydrogen-bond acceptors (Lipinski definition) is 3. The molecule has 0 saturated carbocycles. The number of nitrogens with zero attached hydrogens (tertiary/aromatic N) is 1. The van der Waals surface area contributed by atoms with Crippen LogP contribution in [0.5, 0.6) is 0 Å². The average Bonchev–Trinajstić information content (AvgIpc) is 1.82. The van der Waals surface area contributed by atoms with Crippen LogP contribution >= 0.6 is 0 Å². The zero-order valence-electron chi connectivity index (χ0n) is 6.56. The third kappa shape index (κ3) is 3.38. The van der Waals surface area contributed by atoms with Crippen molar-refractivity contribution in [3.8, 4) is 0 Å². The van der Waals surface area contributed by atoms with Gasteiger partial charge in [0.1, 0.15) is 6.23 Å². The molecule has 1 rings (SSSR count). The summed E-state index contributed by atoms with van der Waals surface area (Å²) in [6.07, 6.45) is -5.63. The summed E-state index contributed by atoms with van der Waals surface area (Å²) in [5, 5.41) is 2.57. The second-order valence-electron chi connectivity index (χ2n) is 2.57. The van der Waals surface area contributed by atoms with Crippen molar-refractivity contribution in [3.63, 3.8) is 0 Å². The molecule has 71 valence electrons. The van der Waals surface area contributed by atoms with Crippen LogP contribution in [0.1, 0.15) is 0 Å². The van der Waals surface area contributed by atoms with E-state index in [0.717, 1.165) is 0 Å². The summed E-state index contributed by atoms with van der Waals surface area (Å²) >= 11 is 0. The third-order valence-corrected chi connectivity index (χ3v) is 1.46. The molecule has 1 aliphatic heterocycles. The Labute approximate surface area is 68.5 Å². The monoisotopic (exact) mass is 183 g/mol. The van der Waals surface area contributed by atoms with Crippen LogP contribution in [0.15, 0.2) is 0 Å². The van der Waals surface area contributed by atoms with Crippen molar-refractivity contribution in [2.75, 3.05) is 20.1 Å². The lowest BCUT2D eigenvalue weighted by molar-refractivity contribution is -0.344. The molecular weight excluding hydrogens is 173 g/mol. The van der Waals surface area contributed by atoms with Crippen LogP contribution in [0.25, 0.3) is 0 Å². The molecule has 0 spiro atoms. The van der Waals surface area contributed by atoms with Crippen LogP contribution in [0.3, 0.4) is 0 Å². The van der Waals surface area contributed by atoms with Gasteiger partial charge in [-0.05, 0) is 7.05 Å². The minimum absolute atomic E-state index is 0.494. The Hall–Kier alpha value is -0.330. The van der Waals surface area contributed by atoms with E-state index in [9.17, 15) is 13.2 Å². The van der Waals surface area contributed by atoms with Gasteiger partial charge in [-0.2, -0.15) is 0 Å². The molecule has 0 aromatic carbocycles. The summed E-state index contributed by atoms with van der Waals surface area (Å²) in [6.45, 7) is 2.54. The van der Waals surface area contributed by atoms with E-state index in [1.165, 1.54) is 6.54 Å². The van der Waals surface area contributed by atoms with Crippen molar-refractivity contribution in [3.05, 3.63) is 6.54 Å². The number of ether oxygens (including phenoxy) is 1. The zero-order valence-corrected chi connectivity index (χ0v) is 6.56. The quantitative estimate of drug-likeness (QED) is 0.642. The number of piperazine rings is 1. The van der Waals surface area contributed by atoms with E-state index in [0.29, 0.717) is 13.1 Å². The summed E-state index contributed by atoms with van der Waals surface area (Å²) < 4.78 is 38.7. The molecule has 0 amide bonds. The number of rotatable bonds is 1. The molecular formula is C6H10F3N2O. The van der Waals surface area contributed by atoms with Gasteiger partial charge >= 0.3 is 6.36 Å². The fourth-order valence-electron chi connectivity index (χ4n) is 0.958. The van der Waals surface area contributed by atoms with Crippen LogP contribution in [-0.2, 0) is 4.74 Å². The lowest BCUT2D eigenvalue weighted by atomic mass is 10.4. The molecule has 3 nitrogen and oxygen atoms in total. The fourth-order valence-corrected chi connectivity index (χ4v) is 0.958. The van der Waals surface area contributed by atoms with Gasteiger partial charge in [0.15, 0.2) is 0 Å². The Bertz CT molecular complexity index is 150. The number of alkyl halides is 3. The molecule has 1 radical (unpaired) electrons. The third-order valence-electron chi connectivity index (χ3n) is 1.46. The van der Waals surface area contributed by atoms with Crippen molar-refractivity contribution in [2.24, 2.45) is 0 Å². The summed E-state index contributed by atoms with van der Waals surface area (Å²) in [5.74, 6) is 0. The fraction of sp³-hybridized carbons (Fsp3) is 0.833. The van der Waals surface area contributed by atoms with E-state index in [1.807, 2.05) is 0 Å². The topological polar surface area (TPSA) is 24.5 Å². The summed E-state index contributed by atoms with van der Waals surface area (Å²) in [7, 11) is 1.70. The van der Waals surface area contributed by atoms with Crippen molar-refractivity contribution >= 4 is 0 Å². The molecule has 0 bridgehead atoms. The standard InChI is InChI=1S/C6H10F3N2O/c1-11-3-2-10-5(4-11)12-6(7,8)9/h4-5,10H,2-3H2,1H3. The van der Waals surface area contributed by atoms with Crippen molar-refractivity contribution in [1.82, 2.24) is 10.2 Å². The lowest BCUT2D eigenvalue weighted by Crippen LogP contribution is -2.48. The number of likely N-dealkylation sites (N-methyl/N-ethyl adjacent to an activating group) is 1. The Kier molecular flexibility index (Phi) is 2.92. The van der Waals surface area contributed by atoms with Crippen LogP contribution in [0.2, 0.25) is 0 Å². The molecule has 0 aromatic rings. The predicted octanol–water partition coefficient (Wildman–Crippen LogP) is 0.546. The highest BCUT2D eigenvalue weighted by Crippen LogP contribution is 2.20. The smallest absolute Gasteiger partial charge is 0.297 e. The van der Waals surface area contributed by atoms with Crippen LogP contribution < -0.4 is 5.32 Å². The van der Waals surface area contributed by atoms with Gasteiger partial charge in [0.2, 0.25) is 0 Å². The summed E-state index contributed by atoms with van der Waals surface area (Å²) in [4.78, 5) is 1.66. The molecule has 1 aliphatic rings.